The van der Waals surface area contributed by atoms with Crippen LogP contribution in [0.15, 0.2) is 18.2 Å². The summed E-state index contributed by atoms with van der Waals surface area (Å²) in [5, 5.41) is 2.95. The average Bonchev–Trinajstić information content (AvgIpc) is 2.56. The minimum Gasteiger partial charge on any atom is -0.503 e. The normalized spacial score (nSPS) is 11.1. The molecule has 1 N–H and O–H groups in total. The van der Waals surface area contributed by atoms with Gasteiger partial charge in [-0.15, -0.1) is 0 Å². The smallest absolute Gasteiger partial charge is 0.503 e. The van der Waals surface area contributed by atoms with Crippen LogP contribution in [-0.2, 0) is 4.79 Å². The van der Waals surface area contributed by atoms with E-state index in [9.17, 15) is 4.79 Å². The topological polar surface area (TPSA) is 29.1 Å². The zero-order valence-electron chi connectivity index (χ0n) is 21.0. The molecule has 0 saturated heterocycles. The van der Waals surface area contributed by atoms with E-state index in [1.807, 2.05) is 27.7 Å². The third kappa shape index (κ3) is 18.4. The van der Waals surface area contributed by atoms with Gasteiger partial charge in [0.1, 0.15) is 0 Å². The van der Waals surface area contributed by atoms with Crippen LogP contribution >= 0.6 is 0 Å². The summed E-state index contributed by atoms with van der Waals surface area (Å²) >= 11 is 0. The standard InChI is InChI=1S/C14H28NO.C9H12.C2H6.K/c1-10(2)7-8-13(9-11(3)4)14(16)15-12(5)6;1-7-4-5-8(2)9(3)6-7;1-2;/h10-11,13H,7-9H2,1-6H3,(H,15,16);4-6H,1-3H3;1-2H3;/q-1;;;+1/t13-;;;/m0.../s1. The van der Waals surface area contributed by atoms with Crippen molar-refractivity contribution in [2.75, 3.05) is 0 Å². The molecule has 1 amide bonds. The van der Waals surface area contributed by atoms with Gasteiger partial charge in [0, 0.05) is 5.92 Å². The number of rotatable bonds is 7. The summed E-state index contributed by atoms with van der Waals surface area (Å²) in [4.78, 5) is 12.0. The minimum absolute atomic E-state index is 0. The summed E-state index contributed by atoms with van der Waals surface area (Å²) < 4.78 is 0. The molecule has 1 rings (SSSR count). The molecule has 0 aliphatic heterocycles. The molecule has 1 aromatic rings. The molecule has 0 aliphatic rings. The van der Waals surface area contributed by atoms with Crippen molar-refractivity contribution >= 4 is 5.91 Å². The first-order valence-corrected chi connectivity index (χ1v) is 10.7. The van der Waals surface area contributed by atoms with Gasteiger partial charge in [0.25, 0.3) is 0 Å². The van der Waals surface area contributed by atoms with Crippen LogP contribution in [-0.4, -0.2) is 5.91 Å². The van der Waals surface area contributed by atoms with Crippen molar-refractivity contribution in [3.8, 4) is 0 Å². The van der Waals surface area contributed by atoms with E-state index in [2.05, 4.69) is 72.0 Å². The van der Waals surface area contributed by atoms with Gasteiger partial charge in [-0.3, -0.25) is 4.79 Å². The quantitative estimate of drug-likeness (QED) is 0.518. The van der Waals surface area contributed by atoms with E-state index in [0.29, 0.717) is 11.8 Å². The number of nitrogens with one attached hydrogen (secondary N) is 1. The first kappa shape index (κ1) is 33.0. The number of amides is 1. The number of carbonyl (C=O) groups is 1. The Balaban J connectivity index is -0.000000441. The zero-order chi connectivity index (χ0) is 21.6. The van der Waals surface area contributed by atoms with Crippen molar-refractivity contribution in [1.82, 2.24) is 5.32 Å². The van der Waals surface area contributed by atoms with Gasteiger partial charge in [-0.05, 0) is 56.6 Å². The Morgan fingerprint density at radius 1 is 0.929 bits per heavy atom. The molecule has 0 aliphatic carbocycles. The third-order valence-corrected chi connectivity index (χ3v) is 4.25. The maximum absolute atomic E-state index is 12.0. The second kappa shape index (κ2) is 19.3. The van der Waals surface area contributed by atoms with E-state index in [1.54, 1.807) is 0 Å². The van der Waals surface area contributed by atoms with Crippen molar-refractivity contribution in [2.24, 2.45) is 17.8 Å². The van der Waals surface area contributed by atoms with Gasteiger partial charge >= 0.3 is 51.4 Å². The van der Waals surface area contributed by atoms with Crippen LogP contribution in [0.3, 0.4) is 0 Å². The zero-order valence-corrected chi connectivity index (χ0v) is 24.1. The predicted octanol–water partition coefficient (Wildman–Crippen LogP) is 4.41. The van der Waals surface area contributed by atoms with Crippen molar-refractivity contribution in [3.05, 3.63) is 40.9 Å². The number of carbonyl (C=O) groups excluding carboxylic acids is 1. The van der Waals surface area contributed by atoms with Crippen LogP contribution in [0.4, 0.5) is 0 Å². The van der Waals surface area contributed by atoms with Crippen molar-refractivity contribution in [2.45, 2.75) is 95.4 Å². The number of aryl methyl sites for hydroxylation is 3. The summed E-state index contributed by atoms with van der Waals surface area (Å²) in [6.07, 6.45) is 3.13. The van der Waals surface area contributed by atoms with Gasteiger partial charge in [-0.2, -0.15) is 13.8 Å². The molecule has 1 atom stereocenters. The van der Waals surface area contributed by atoms with E-state index >= 15 is 0 Å². The summed E-state index contributed by atoms with van der Waals surface area (Å²) in [6.45, 7) is 23.0. The van der Waals surface area contributed by atoms with Crippen molar-refractivity contribution in [3.63, 3.8) is 0 Å². The fourth-order valence-electron chi connectivity index (χ4n) is 2.70. The van der Waals surface area contributed by atoms with Crippen LogP contribution in [0.1, 0.15) is 91.3 Å². The number of hydrogen-bond donors (Lipinski definition) is 1. The second-order valence-electron chi connectivity index (χ2n) is 8.37. The summed E-state index contributed by atoms with van der Waals surface area (Å²) in [5.74, 6) is 1.64. The molecular weight excluding hydrogens is 369 g/mol. The fraction of sp³-hybridized carbons (Fsp3) is 0.680. The molecule has 0 spiro atoms. The Morgan fingerprint density at radius 2 is 1.46 bits per heavy atom. The second-order valence-corrected chi connectivity index (χ2v) is 8.37. The summed E-state index contributed by atoms with van der Waals surface area (Å²) in [7, 11) is 0. The van der Waals surface area contributed by atoms with E-state index in [-0.39, 0.29) is 63.2 Å². The van der Waals surface area contributed by atoms with Gasteiger partial charge in [0.2, 0.25) is 0 Å². The van der Waals surface area contributed by atoms with Crippen LogP contribution in [0, 0.1) is 44.6 Å². The first-order valence-electron chi connectivity index (χ1n) is 10.7. The maximum atomic E-state index is 12.0. The van der Waals surface area contributed by atoms with Crippen LogP contribution in [0.25, 0.3) is 0 Å². The molecule has 0 aromatic heterocycles. The Labute approximate surface area is 219 Å². The van der Waals surface area contributed by atoms with Gasteiger partial charge in [0.05, 0.1) is 0 Å². The largest absolute Gasteiger partial charge is 1.00 e. The SMILES string of the molecule is CC.C[C-](C)NC(=O)[C@@H](CCC(C)C)CC(C)C.Cc1ccc(C)c(C)c1.[K+]. The number of hydrogen-bond acceptors (Lipinski definition) is 1. The van der Waals surface area contributed by atoms with Crippen LogP contribution < -0.4 is 56.7 Å². The van der Waals surface area contributed by atoms with Crippen molar-refractivity contribution < 1.29 is 56.2 Å². The Hall–Kier alpha value is 0.326. The average molecular weight is 416 g/mol. The molecule has 0 unspecified atom stereocenters. The van der Waals surface area contributed by atoms with Gasteiger partial charge in [-0.25, -0.2) is 6.04 Å². The molecule has 0 radical (unpaired) electrons. The van der Waals surface area contributed by atoms with Gasteiger partial charge in [0.15, 0.2) is 5.91 Å². The van der Waals surface area contributed by atoms with Crippen LogP contribution in [0.5, 0.6) is 0 Å². The predicted molar refractivity (Wildman–Crippen MR) is 122 cm³/mol. The molecule has 0 saturated carbocycles. The summed E-state index contributed by atoms with van der Waals surface area (Å²) in [5.41, 5.74) is 4.11. The molecule has 1 aromatic carbocycles. The minimum atomic E-state index is 0. The maximum Gasteiger partial charge on any atom is 1.00 e. The Morgan fingerprint density at radius 3 is 1.82 bits per heavy atom. The summed E-state index contributed by atoms with van der Waals surface area (Å²) in [6, 6.07) is 7.49. The van der Waals surface area contributed by atoms with E-state index in [1.165, 1.54) is 16.7 Å². The van der Waals surface area contributed by atoms with Crippen molar-refractivity contribution in [1.29, 1.82) is 0 Å². The molecule has 0 bridgehead atoms. The molecule has 158 valence electrons. The number of benzene rings is 1. The Bertz CT molecular complexity index is 509. The molecule has 0 heterocycles. The molecular formula is C25H46KNO. The Kier molecular flexibility index (Phi) is 22.7. The van der Waals surface area contributed by atoms with E-state index in [4.69, 9.17) is 0 Å². The van der Waals surface area contributed by atoms with Crippen LogP contribution in [0.2, 0.25) is 0 Å². The fourth-order valence-corrected chi connectivity index (χ4v) is 2.70. The van der Waals surface area contributed by atoms with Gasteiger partial charge < -0.3 is 5.32 Å². The monoisotopic (exact) mass is 415 g/mol. The molecule has 0 fully saturated rings. The first-order chi connectivity index (χ1) is 12.5. The van der Waals surface area contributed by atoms with E-state index < -0.39 is 0 Å². The molecule has 3 heteroatoms. The third-order valence-electron chi connectivity index (χ3n) is 4.25. The van der Waals surface area contributed by atoms with Gasteiger partial charge in [-0.1, -0.05) is 71.7 Å². The molecule has 2 nitrogen and oxygen atoms in total. The van der Waals surface area contributed by atoms with E-state index in [0.717, 1.165) is 25.3 Å². The molecule has 28 heavy (non-hydrogen) atoms.